The Kier molecular flexibility index (Phi) is 5.18. The fourth-order valence-corrected chi connectivity index (χ4v) is 2.06. The summed E-state index contributed by atoms with van der Waals surface area (Å²) in [5.41, 5.74) is 5.45. The van der Waals surface area contributed by atoms with Crippen LogP contribution in [0.2, 0.25) is 0 Å². The number of rotatable bonds is 5. The molecule has 0 radical (unpaired) electrons. The lowest BCUT2D eigenvalue weighted by molar-refractivity contribution is -0.134. The predicted octanol–water partition coefficient (Wildman–Crippen LogP) is -0.156. The molecule has 0 spiro atoms. The van der Waals surface area contributed by atoms with E-state index < -0.39 is 0 Å². The van der Waals surface area contributed by atoms with Gasteiger partial charge in [0.05, 0.1) is 0 Å². The first-order chi connectivity index (χ1) is 7.63. The molecular formula is C11H22N2O3. The average Bonchev–Trinajstić information content (AvgIpc) is 2.71. The van der Waals surface area contributed by atoms with Crippen LogP contribution < -0.4 is 5.73 Å². The van der Waals surface area contributed by atoms with Crippen molar-refractivity contribution in [3.63, 3.8) is 0 Å². The zero-order chi connectivity index (χ0) is 12.1. The first kappa shape index (κ1) is 13.4. The molecule has 0 aromatic heterocycles. The molecule has 0 bridgehead atoms. The third-order valence-electron chi connectivity index (χ3n) is 3.15. The van der Waals surface area contributed by atoms with Gasteiger partial charge in [0.25, 0.3) is 0 Å². The summed E-state index contributed by atoms with van der Waals surface area (Å²) in [6.07, 6.45) is 0.697. The number of nitrogens with zero attached hydrogens (tertiary/aromatic N) is 1. The van der Waals surface area contributed by atoms with Gasteiger partial charge in [-0.1, -0.05) is 6.92 Å². The van der Waals surface area contributed by atoms with Gasteiger partial charge in [-0.05, 0) is 13.0 Å². The fourth-order valence-electron chi connectivity index (χ4n) is 2.06. The van der Waals surface area contributed by atoms with Crippen molar-refractivity contribution in [2.75, 3.05) is 33.9 Å². The summed E-state index contributed by atoms with van der Waals surface area (Å²) >= 11 is 0. The van der Waals surface area contributed by atoms with Gasteiger partial charge in [-0.2, -0.15) is 0 Å². The van der Waals surface area contributed by atoms with Crippen LogP contribution in [0.1, 0.15) is 13.3 Å². The molecule has 0 aromatic carbocycles. The molecule has 5 heteroatoms. The summed E-state index contributed by atoms with van der Waals surface area (Å²) in [6, 6.07) is 0. The summed E-state index contributed by atoms with van der Waals surface area (Å²) in [7, 11) is 3.29. The minimum absolute atomic E-state index is 0.0148. The van der Waals surface area contributed by atoms with Crippen molar-refractivity contribution in [3.05, 3.63) is 0 Å². The molecule has 1 aliphatic heterocycles. The van der Waals surface area contributed by atoms with E-state index in [1.165, 1.54) is 0 Å². The van der Waals surface area contributed by atoms with E-state index in [-0.39, 0.29) is 24.0 Å². The Morgan fingerprint density at radius 1 is 1.38 bits per heavy atom. The third-order valence-corrected chi connectivity index (χ3v) is 3.15. The van der Waals surface area contributed by atoms with Crippen molar-refractivity contribution in [2.24, 2.45) is 11.7 Å². The summed E-state index contributed by atoms with van der Waals surface area (Å²) in [6.45, 7) is 3.69. The minimum atomic E-state index is -0.0156. The monoisotopic (exact) mass is 230 g/mol. The number of carbonyl (C=O) groups is 1. The van der Waals surface area contributed by atoms with Crippen molar-refractivity contribution in [3.8, 4) is 0 Å². The van der Waals surface area contributed by atoms with Crippen LogP contribution in [0.4, 0.5) is 0 Å². The largest absolute Gasteiger partial charge is 0.377 e. The number of likely N-dealkylation sites (tertiary alicyclic amines) is 1. The highest BCUT2D eigenvalue weighted by Crippen LogP contribution is 2.18. The van der Waals surface area contributed by atoms with Gasteiger partial charge in [0.15, 0.2) is 0 Å². The Bertz CT molecular complexity index is 223. The molecule has 0 aromatic rings. The number of amides is 1. The van der Waals surface area contributed by atoms with Crippen LogP contribution in [0, 0.1) is 5.92 Å². The molecule has 0 aliphatic carbocycles. The van der Waals surface area contributed by atoms with Crippen molar-refractivity contribution in [1.29, 1.82) is 0 Å². The van der Waals surface area contributed by atoms with E-state index in [4.69, 9.17) is 15.2 Å². The normalized spacial score (nSPS) is 27.1. The van der Waals surface area contributed by atoms with Gasteiger partial charge >= 0.3 is 0 Å². The maximum Gasteiger partial charge on any atom is 0.225 e. The topological polar surface area (TPSA) is 64.8 Å². The summed E-state index contributed by atoms with van der Waals surface area (Å²) in [5, 5.41) is 0. The van der Waals surface area contributed by atoms with Crippen LogP contribution in [0.3, 0.4) is 0 Å². The Morgan fingerprint density at radius 3 is 2.25 bits per heavy atom. The lowest BCUT2D eigenvalue weighted by Gasteiger charge is -2.20. The molecular weight excluding hydrogens is 208 g/mol. The van der Waals surface area contributed by atoms with Gasteiger partial charge in [-0.3, -0.25) is 4.79 Å². The van der Waals surface area contributed by atoms with E-state index in [1.807, 2.05) is 11.8 Å². The second-order valence-electron chi connectivity index (χ2n) is 4.27. The van der Waals surface area contributed by atoms with Gasteiger partial charge in [-0.15, -0.1) is 0 Å². The number of hydrogen-bond donors (Lipinski definition) is 1. The van der Waals surface area contributed by atoms with Crippen LogP contribution in [0.5, 0.6) is 0 Å². The first-order valence-electron chi connectivity index (χ1n) is 5.68. The van der Waals surface area contributed by atoms with Crippen molar-refractivity contribution >= 4 is 5.91 Å². The Labute approximate surface area is 96.9 Å². The van der Waals surface area contributed by atoms with Crippen LogP contribution >= 0.6 is 0 Å². The molecule has 2 N–H and O–H groups in total. The van der Waals surface area contributed by atoms with E-state index in [2.05, 4.69) is 0 Å². The molecule has 1 amide bonds. The second-order valence-corrected chi connectivity index (χ2v) is 4.27. The molecule has 1 saturated heterocycles. The van der Waals surface area contributed by atoms with Crippen LogP contribution in [0.15, 0.2) is 0 Å². The SMILES string of the molecule is COC1CN(C(=O)C(C)CCN)CC1OC. The number of ether oxygens (including phenoxy) is 2. The zero-order valence-electron chi connectivity index (χ0n) is 10.3. The van der Waals surface area contributed by atoms with Gasteiger partial charge < -0.3 is 20.1 Å². The van der Waals surface area contributed by atoms with Crippen molar-refractivity contribution in [1.82, 2.24) is 4.90 Å². The summed E-state index contributed by atoms with van der Waals surface area (Å²) < 4.78 is 10.6. The highest BCUT2D eigenvalue weighted by atomic mass is 16.5. The number of methoxy groups -OCH3 is 2. The number of carbonyl (C=O) groups excluding carboxylic acids is 1. The Hall–Kier alpha value is -0.650. The van der Waals surface area contributed by atoms with E-state index in [0.717, 1.165) is 6.42 Å². The molecule has 1 heterocycles. The standard InChI is InChI=1S/C11H22N2O3/c1-8(4-5-12)11(14)13-6-9(15-2)10(7-13)16-3/h8-10H,4-7,12H2,1-3H3. The van der Waals surface area contributed by atoms with E-state index in [0.29, 0.717) is 19.6 Å². The molecule has 3 unspecified atom stereocenters. The van der Waals surface area contributed by atoms with E-state index in [1.54, 1.807) is 14.2 Å². The van der Waals surface area contributed by atoms with Crippen LogP contribution in [0.25, 0.3) is 0 Å². The second kappa shape index (κ2) is 6.18. The smallest absolute Gasteiger partial charge is 0.225 e. The number of nitrogens with two attached hydrogens (primary N) is 1. The first-order valence-corrected chi connectivity index (χ1v) is 5.68. The molecule has 5 nitrogen and oxygen atoms in total. The zero-order valence-corrected chi connectivity index (χ0v) is 10.3. The van der Waals surface area contributed by atoms with Crippen molar-refractivity contribution < 1.29 is 14.3 Å². The highest BCUT2D eigenvalue weighted by molar-refractivity contribution is 5.78. The van der Waals surface area contributed by atoms with E-state index in [9.17, 15) is 4.79 Å². The van der Waals surface area contributed by atoms with Gasteiger partial charge in [0.1, 0.15) is 12.2 Å². The van der Waals surface area contributed by atoms with Gasteiger partial charge in [0, 0.05) is 33.2 Å². The maximum absolute atomic E-state index is 12.0. The van der Waals surface area contributed by atoms with Crippen LogP contribution in [-0.4, -0.2) is 56.9 Å². The Morgan fingerprint density at radius 2 is 1.88 bits per heavy atom. The lowest BCUT2D eigenvalue weighted by Crippen LogP contribution is -2.35. The minimum Gasteiger partial charge on any atom is -0.377 e. The van der Waals surface area contributed by atoms with Crippen molar-refractivity contribution in [2.45, 2.75) is 25.6 Å². The fraction of sp³-hybridized carbons (Fsp3) is 0.909. The molecule has 3 atom stereocenters. The average molecular weight is 230 g/mol. The third kappa shape index (κ3) is 2.93. The highest BCUT2D eigenvalue weighted by Gasteiger charge is 2.36. The summed E-state index contributed by atoms with van der Waals surface area (Å²) in [5.74, 6) is 0.130. The van der Waals surface area contributed by atoms with Gasteiger partial charge in [-0.25, -0.2) is 0 Å². The van der Waals surface area contributed by atoms with E-state index >= 15 is 0 Å². The summed E-state index contributed by atoms with van der Waals surface area (Å²) in [4.78, 5) is 13.8. The molecule has 16 heavy (non-hydrogen) atoms. The molecule has 1 rings (SSSR count). The molecule has 94 valence electrons. The molecule has 1 aliphatic rings. The lowest BCUT2D eigenvalue weighted by atomic mass is 10.1. The van der Waals surface area contributed by atoms with Crippen LogP contribution in [-0.2, 0) is 14.3 Å². The molecule has 0 saturated carbocycles. The maximum atomic E-state index is 12.0. The Balaban J connectivity index is 2.53. The quantitative estimate of drug-likeness (QED) is 0.713. The molecule has 1 fully saturated rings. The predicted molar refractivity (Wildman–Crippen MR) is 61.0 cm³/mol. The number of hydrogen-bond acceptors (Lipinski definition) is 4. The van der Waals surface area contributed by atoms with Gasteiger partial charge in [0.2, 0.25) is 5.91 Å².